The molecule has 0 amide bonds. The smallest absolute Gasteiger partial charge is 0.346 e. The highest BCUT2D eigenvalue weighted by Crippen LogP contribution is 2.62. The Balaban J connectivity index is 1.25. The van der Waals surface area contributed by atoms with Gasteiger partial charge in [0.15, 0.2) is 0 Å². The lowest BCUT2D eigenvalue weighted by molar-refractivity contribution is -0.128. The van der Waals surface area contributed by atoms with E-state index in [4.69, 9.17) is 8.92 Å². The number of carbonyl (C=O) groups excluding carboxylic acids is 1. The molecule has 2 aromatic rings. The van der Waals surface area contributed by atoms with E-state index in [-0.39, 0.29) is 10.3 Å². The van der Waals surface area contributed by atoms with Crippen molar-refractivity contribution in [3.05, 3.63) is 77.4 Å². The molecule has 0 atom stereocenters. The van der Waals surface area contributed by atoms with Crippen molar-refractivity contribution in [3.8, 4) is 5.75 Å². The van der Waals surface area contributed by atoms with E-state index in [0.717, 1.165) is 35.5 Å². The second-order valence-corrected chi connectivity index (χ2v) is 13.2. The molecule has 0 spiro atoms. The molecule has 5 nitrogen and oxygen atoms in total. The number of hydrogen-bond acceptors (Lipinski definition) is 5. The molecule has 0 heterocycles. The molecule has 4 saturated carbocycles. The van der Waals surface area contributed by atoms with Crippen LogP contribution in [-0.4, -0.2) is 21.5 Å². The quantitative estimate of drug-likeness (QED) is 0.251. The Hall–Kier alpha value is -2.86. The van der Waals surface area contributed by atoms with Gasteiger partial charge in [-0.1, -0.05) is 35.9 Å². The van der Waals surface area contributed by atoms with Gasteiger partial charge in [0.2, 0.25) is 0 Å². The normalized spacial score (nSPS) is 26.9. The maximum absolute atomic E-state index is 12.3. The molecule has 0 radical (unpaired) electrons. The van der Waals surface area contributed by atoms with Crippen molar-refractivity contribution in [1.82, 2.24) is 0 Å². The monoisotopic (exact) mass is 534 g/mol. The van der Waals surface area contributed by atoms with Crippen LogP contribution in [0.5, 0.6) is 5.75 Å². The third-order valence-electron chi connectivity index (χ3n) is 8.84. The summed E-state index contributed by atoms with van der Waals surface area (Å²) in [6, 6.07) is 14.3. The van der Waals surface area contributed by atoms with Gasteiger partial charge in [-0.15, -0.1) is 0 Å². The van der Waals surface area contributed by atoms with E-state index < -0.39 is 16.1 Å². The summed E-state index contributed by atoms with van der Waals surface area (Å²) in [5, 5.41) is 0. The summed E-state index contributed by atoms with van der Waals surface area (Å²) in [5.74, 6) is 2.76. The number of hydrogen-bond donors (Lipinski definition) is 0. The average molecular weight is 535 g/mol. The van der Waals surface area contributed by atoms with Crippen molar-refractivity contribution in [2.24, 2.45) is 17.8 Å². The second kappa shape index (κ2) is 10.7. The van der Waals surface area contributed by atoms with E-state index in [1.165, 1.54) is 73.4 Å². The fourth-order valence-electron chi connectivity index (χ4n) is 7.48. The van der Waals surface area contributed by atoms with Crippen LogP contribution in [0.4, 0.5) is 0 Å². The Bertz CT molecular complexity index is 1320. The molecule has 4 bridgehead atoms. The molecule has 0 N–H and O–H groups in total. The highest BCUT2D eigenvalue weighted by Gasteiger charge is 2.52. The first kappa shape index (κ1) is 26.7. The van der Waals surface area contributed by atoms with Gasteiger partial charge in [0.1, 0.15) is 10.6 Å². The molecule has 0 aliphatic heterocycles. The minimum absolute atomic E-state index is 0.0367. The van der Waals surface area contributed by atoms with Crippen molar-refractivity contribution in [1.29, 1.82) is 0 Å². The van der Waals surface area contributed by atoms with Crippen LogP contribution in [0.25, 0.3) is 5.57 Å². The Morgan fingerprint density at radius 2 is 1.61 bits per heavy atom. The van der Waals surface area contributed by atoms with Gasteiger partial charge in [-0.25, -0.2) is 4.79 Å². The van der Waals surface area contributed by atoms with Crippen LogP contribution in [0, 0.1) is 17.8 Å². The lowest BCUT2D eigenvalue weighted by atomic mass is 9.48. The molecule has 4 aliphatic rings. The van der Waals surface area contributed by atoms with Crippen LogP contribution >= 0.6 is 0 Å². The van der Waals surface area contributed by atoms with Crippen LogP contribution in [0.1, 0.15) is 76.3 Å². The molecule has 2 aromatic carbocycles. The lowest BCUT2D eigenvalue weighted by Crippen LogP contribution is -2.48. The third-order valence-corrected chi connectivity index (χ3v) is 10.1. The standard InChI is InChI=1S/C32H38O5S/c1-22(14-31(33)37-38(34,35)28-10-5-4-6-11-28)8-7-9-23(2)27-12-13-30(36-3)29(18-27)32-19-24-15-25(20-32)17-26(16-24)21-32/h4-6,9-14,18,24-26H,7-8,15-17,19-21H2,1-3H3. The summed E-state index contributed by atoms with van der Waals surface area (Å²) in [5.41, 5.74) is 4.83. The number of rotatable bonds is 9. The minimum atomic E-state index is -4.12. The zero-order valence-corrected chi connectivity index (χ0v) is 23.4. The summed E-state index contributed by atoms with van der Waals surface area (Å²) >= 11 is 0. The first-order valence-electron chi connectivity index (χ1n) is 13.7. The molecule has 6 rings (SSSR count). The van der Waals surface area contributed by atoms with Crippen LogP contribution in [0.3, 0.4) is 0 Å². The molecular formula is C32H38O5S. The predicted octanol–water partition coefficient (Wildman–Crippen LogP) is 7.22. The van der Waals surface area contributed by atoms with Gasteiger partial charge in [0.25, 0.3) is 0 Å². The van der Waals surface area contributed by atoms with Gasteiger partial charge in [-0.3, -0.25) is 0 Å². The molecule has 0 aromatic heterocycles. The number of methoxy groups -OCH3 is 1. The van der Waals surface area contributed by atoms with E-state index >= 15 is 0 Å². The van der Waals surface area contributed by atoms with E-state index in [0.29, 0.717) is 6.42 Å². The van der Waals surface area contributed by atoms with Crippen molar-refractivity contribution >= 4 is 21.7 Å². The first-order chi connectivity index (χ1) is 18.2. The largest absolute Gasteiger partial charge is 0.496 e. The second-order valence-electron chi connectivity index (χ2n) is 11.7. The minimum Gasteiger partial charge on any atom is -0.496 e. The lowest BCUT2D eigenvalue weighted by Gasteiger charge is -2.57. The topological polar surface area (TPSA) is 69.7 Å². The van der Waals surface area contributed by atoms with Crippen LogP contribution in [0.15, 0.2) is 71.2 Å². The Kier molecular flexibility index (Phi) is 7.54. The van der Waals surface area contributed by atoms with Gasteiger partial charge in [0.05, 0.1) is 7.11 Å². The van der Waals surface area contributed by atoms with Gasteiger partial charge < -0.3 is 8.92 Å². The SMILES string of the molecule is COc1ccc(C(C)=CCCC(C)=CC(=O)OS(=O)(=O)c2ccccc2)cc1C12CC3CC(CC(C3)C1)C2. The molecule has 0 saturated heterocycles. The maximum Gasteiger partial charge on any atom is 0.346 e. The zero-order chi connectivity index (χ0) is 26.9. The fourth-order valence-corrected chi connectivity index (χ4v) is 8.33. The van der Waals surface area contributed by atoms with Crippen LogP contribution in [-0.2, 0) is 24.5 Å². The highest BCUT2D eigenvalue weighted by molar-refractivity contribution is 7.87. The van der Waals surface area contributed by atoms with Crippen molar-refractivity contribution in [2.45, 2.75) is 75.5 Å². The molecular weight excluding hydrogens is 496 g/mol. The number of benzene rings is 2. The summed E-state index contributed by atoms with van der Waals surface area (Å²) in [4.78, 5) is 12.2. The molecule has 0 unspecified atom stereocenters. The van der Waals surface area contributed by atoms with E-state index in [1.54, 1.807) is 25.3 Å². The summed E-state index contributed by atoms with van der Waals surface area (Å²) in [7, 11) is -2.33. The van der Waals surface area contributed by atoms with Crippen molar-refractivity contribution in [2.75, 3.05) is 7.11 Å². The fraction of sp³-hybridized carbons (Fsp3) is 0.469. The number of allylic oxidation sites excluding steroid dienone is 3. The van der Waals surface area contributed by atoms with E-state index in [9.17, 15) is 13.2 Å². The molecule has 4 fully saturated rings. The molecule has 4 aliphatic carbocycles. The van der Waals surface area contributed by atoms with Crippen LogP contribution < -0.4 is 4.74 Å². The Morgan fingerprint density at radius 3 is 2.21 bits per heavy atom. The average Bonchev–Trinajstić information content (AvgIpc) is 2.87. The number of ether oxygens (including phenoxy) is 1. The Morgan fingerprint density at radius 1 is 0.974 bits per heavy atom. The van der Waals surface area contributed by atoms with Gasteiger partial charge in [-0.2, -0.15) is 8.42 Å². The Labute approximate surface area is 227 Å². The first-order valence-corrected chi connectivity index (χ1v) is 15.1. The summed E-state index contributed by atoms with van der Waals surface area (Å²) in [6.45, 7) is 3.95. The summed E-state index contributed by atoms with van der Waals surface area (Å²) < 4.78 is 35.2. The third kappa shape index (κ3) is 5.61. The number of carbonyl (C=O) groups is 1. The maximum atomic E-state index is 12.3. The van der Waals surface area contributed by atoms with Crippen molar-refractivity contribution in [3.63, 3.8) is 0 Å². The molecule has 38 heavy (non-hydrogen) atoms. The van der Waals surface area contributed by atoms with E-state index in [2.05, 4.69) is 31.2 Å². The highest BCUT2D eigenvalue weighted by atomic mass is 32.2. The van der Waals surface area contributed by atoms with Gasteiger partial charge >= 0.3 is 16.1 Å². The predicted molar refractivity (Wildman–Crippen MR) is 149 cm³/mol. The van der Waals surface area contributed by atoms with Crippen LogP contribution in [0.2, 0.25) is 0 Å². The molecule has 6 heteroatoms. The van der Waals surface area contributed by atoms with Crippen molar-refractivity contribution < 1.29 is 22.1 Å². The molecule has 202 valence electrons. The zero-order valence-electron chi connectivity index (χ0n) is 22.6. The van der Waals surface area contributed by atoms with Gasteiger partial charge in [0, 0.05) is 11.6 Å². The summed E-state index contributed by atoms with van der Waals surface area (Å²) in [6.07, 6.45) is 13.0. The van der Waals surface area contributed by atoms with E-state index in [1.807, 2.05) is 6.92 Å². The van der Waals surface area contributed by atoms with Gasteiger partial charge in [-0.05, 0) is 124 Å².